The molecule has 1 aliphatic rings. The zero-order chi connectivity index (χ0) is 19.1. The van der Waals surface area contributed by atoms with Crippen LogP contribution in [0.3, 0.4) is 0 Å². The van der Waals surface area contributed by atoms with Crippen LogP contribution in [0.5, 0.6) is 0 Å². The van der Waals surface area contributed by atoms with Crippen LogP contribution in [0.15, 0.2) is 30.5 Å². The van der Waals surface area contributed by atoms with Gasteiger partial charge in [0.25, 0.3) is 5.91 Å². The Balaban J connectivity index is 1.93. The van der Waals surface area contributed by atoms with Crippen molar-refractivity contribution in [3.63, 3.8) is 0 Å². The van der Waals surface area contributed by atoms with Gasteiger partial charge in [-0.05, 0) is 31.9 Å². The second-order valence-corrected chi connectivity index (χ2v) is 6.02. The Hall–Kier alpha value is -2.91. The standard InChI is InChI=1S/C16H15F3N4O3/c1-9(15(25)26)23(10-6-7-10)14(24)12-8-22(21-20-12)13-5-3-2-4-11(13)16(17,18)19/h2-5,8-10H,6-7H2,1H3,(H,25,26). The predicted octanol–water partition coefficient (Wildman–Crippen LogP) is 2.36. The number of hydrogen-bond acceptors (Lipinski definition) is 4. The molecular formula is C16H15F3N4O3. The molecule has 3 rings (SSSR count). The average molecular weight is 368 g/mol. The van der Waals surface area contributed by atoms with E-state index >= 15 is 0 Å². The van der Waals surface area contributed by atoms with E-state index in [-0.39, 0.29) is 17.4 Å². The summed E-state index contributed by atoms with van der Waals surface area (Å²) >= 11 is 0. The molecular weight excluding hydrogens is 353 g/mol. The fourth-order valence-electron chi connectivity index (χ4n) is 2.65. The average Bonchev–Trinajstić information content (AvgIpc) is 3.28. The Morgan fingerprint density at radius 2 is 1.96 bits per heavy atom. The number of benzene rings is 1. The number of halogens is 3. The van der Waals surface area contributed by atoms with Crippen molar-refractivity contribution in [2.75, 3.05) is 0 Å². The van der Waals surface area contributed by atoms with Gasteiger partial charge in [-0.1, -0.05) is 17.3 Å². The number of carbonyl (C=O) groups is 2. The fraction of sp³-hybridized carbons (Fsp3) is 0.375. The summed E-state index contributed by atoms with van der Waals surface area (Å²) in [5, 5.41) is 16.4. The molecule has 1 amide bonds. The summed E-state index contributed by atoms with van der Waals surface area (Å²) in [7, 11) is 0. The molecule has 0 bridgehead atoms. The zero-order valence-corrected chi connectivity index (χ0v) is 13.6. The normalized spacial score (nSPS) is 15.5. The summed E-state index contributed by atoms with van der Waals surface area (Å²) in [6.45, 7) is 1.38. The maximum Gasteiger partial charge on any atom is 0.418 e. The highest BCUT2D eigenvalue weighted by Gasteiger charge is 2.40. The van der Waals surface area contributed by atoms with Crippen molar-refractivity contribution < 1.29 is 27.9 Å². The van der Waals surface area contributed by atoms with E-state index in [1.807, 2.05) is 0 Å². The molecule has 0 radical (unpaired) electrons. The number of carboxylic acids is 1. The number of carboxylic acid groups (broad SMARTS) is 1. The lowest BCUT2D eigenvalue weighted by molar-refractivity contribution is -0.142. The molecule has 1 atom stereocenters. The number of hydrogen-bond donors (Lipinski definition) is 1. The summed E-state index contributed by atoms with van der Waals surface area (Å²) in [4.78, 5) is 25.0. The molecule has 7 nitrogen and oxygen atoms in total. The number of carbonyl (C=O) groups excluding carboxylic acids is 1. The number of nitrogens with zero attached hydrogens (tertiary/aromatic N) is 4. The third-order valence-corrected chi connectivity index (χ3v) is 4.12. The van der Waals surface area contributed by atoms with Crippen molar-refractivity contribution >= 4 is 11.9 Å². The van der Waals surface area contributed by atoms with Gasteiger partial charge in [0.2, 0.25) is 0 Å². The second-order valence-electron chi connectivity index (χ2n) is 6.02. The fourth-order valence-corrected chi connectivity index (χ4v) is 2.65. The quantitative estimate of drug-likeness (QED) is 0.875. The van der Waals surface area contributed by atoms with Crippen LogP contribution < -0.4 is 0 Å². The van der Waals surface area contributed by atoms with E-state index in [4.69, 9.17) is 0 Å². The molecule has 26 heavy (non-hydrogen) atoms. The maximum atomic E-state index is 13.1. The van der Waals surface area contributed by atoms with Gasteiger partial charge in [-0.25, -0.2) is 9.48 Å². The van der Waals surface area contributed by atoms with E-state index in [0.29, 0.717) is 12.8 Å². The van der Waals surface area contributed by atoms with Crippen molar-refractivity contribution in [2.45, 2.75) is 38.0 Å². The monoisotopic (exact) mass is 368 g/mol. The van der Waals surface area contributed by atoms with Crippen molar-refractivity contribution in [3.05, 3.63) is 41.7 Å². The van der Waals surface area contributed by atoms with E-state index in [1.165, 1.54) is 30.0 Å². The van der Waals surface area contributed by atoms with Crippen LogP contribution in [0, 0.1) is 0 Å². The SMILES string of the molecule is CC(C(=O)O)N(C(=O)c1cn(-c2ccccc2C(F)(F)F)nn1)C1CC1. The highest BCUT2D eigenvalue weighted by Crippen LogP contribution is 2.34. The van der Waals surface area contributed by atoms with Gasteiger partial charge in [-0.3, -0.25) is 4.79 Å². The van der Waals surface area contributed by atoms with Gasteiger partial charge in [0.1, 0.15) is 6.04 Å². The summed E-state index contributed by atoms with van der Waals surface area (Å²) in [6.07, 6.45) is -2.16. The molecule has 10 heteroatoms. The van der Waals surface area contributed by atoms with Gasteiger partial charge in [-0.15, -0.1) is 5.10 Å². The van der Waals surface area contributed by atoms with E-state index in [9.17, 15) is 27.9 Å². The second kappa shape index (κ2) is 6.43. The first-order chi connectivity index (χ1) is 12.2. The number of aromatic nitrogens is 3. The van der Waals surface area contributed by atoms with E-state index in [0.717, 1.165) is 16.9 Å². The smallest absolute Gasteiger partial charge is 0.418 e. The predicted molar refractivity (Wildman–Crippen MR) is 82.7 cm³/mol. The first kappa shape index (κ1) is 17.9. The molecule has 0 spiro atoms. The molecule has 1 aromatic carbocycles. The van der Waals surface area contributed by atoms with Crippen LogP contribution >= 0.6 is 0 Å². The number of para-hydroxylation sites is 1. The molecule has 0 saturated heterocycles. The van der Waals surface area contributed by atoms with Crippen LogP contribution in [0.1, 0.15) is 35.8 Å². The highest BCUT2D eigenvalue weighted by atomic mass is 19.4. The largest absolute Gasteiger partial charge is 0.480 e. The van der Waals surface area contributed by atoms with Gasteiger partial charge in [0.15, 0.2) is 5.69 Å². The molecule has 1 heterocycles. The van der Waals surface area contributed by atoms with Crippen molar-refractivity contribution in [1.29, 1.82) is 0 Å². The van der Waals surface area contributed by atoms with Crippen molar-refractivity contribution in [1.82, 2.24) is 19.9 Å². The summed E-state index contributed by atoms with van der Waals surface area (Å²) in [5.41, 5.74) is -1.39. The Labute approximate surface area is 146 Å². The Bertz CT molecular complexity index is 845. The Morgan fingerprint density at radius 1 is 1.31 bits per heavy atom. The van der Waals surface area contributed by atoms with Crippen molar-refractivity contribution in [3.8, 4) is 5.69 Å². The van der Waals surface area contributed by atoms with Gasteiger partial charge in [0, 0.05) is 6.04 Å². The molecule has 1 fully saturated rings. The molecule has 1 aromatic heterocycles. The lowest BCUT2D eigenvalue weighted by atomic mass is 10.1. The third kappa shape index (κ3) is 3.39. The Kier molecular flexibility index (Phi) is 4.43. The Morgan fingerprint density at radius 3 is 2.54 bits per heavy atom. The molecule has 1 aliphatic carbocycles. The number of aliphatic carboxylic acids is 1. The van der Waals surface area contributed by atoms with Crippen LogP contribution in [0.25, 0.3) is 5.69 Å². The molecule has 2 aromatic rings. The van der Waals surface area contributed by atoms with Crippen LogP contribution in [0.4, 0.5) is 13.2 Å². The molecule has 1 saturated carbocycles. The molecule has 138 valence electrons. The lowest BCUT2D eigenvalue weighted by Gasteiger charge is -2.25. The van der Waals surface area contributed by atoms with E-state index in [1.54, 1.807) is 0 Å². The molecule has 0 aliphatic heterocycles. The van der Waals surface area contributed by atoms with Crippen LogP contribution in [-0.4, -0.2) is 49.0 Å². The zero-order valence-electron chi connectivity index (χ0n) is 13.6. The lowest BCUT2D eigenvalue weighted by Crippen LogP contribution is -2.44. The van der Waals surface area contributed by atoms with Gasteiger partial charge in [0.05, 0.1) is 17.4 Å². The van der Waals surface area contributed by atoms with Gasteiger partial charge >= 0.3 is 12.1 Å². The van der Waals surface area contributed by atoms with Gasteiger partial charge < -0.3 is 10.0 Å². The minimum atomic E-state index is -4.59. The first-order valence-corrected chi connectivity index (χ1v) is 7.84. The first-order valence-electron chi connectivity index (χ1n) is 7.84. The molecule has 1 N–H and O–H groups in total. The highest BCUT2D eigenvalue weighted by molar-refractivity contribution is 5.95. The number of amides is 1. The maximum absolute atomic E-state index is 13.1. The van der Waals surface area contributed by atoms with Crippen LogP contribution in [-0.2, 0) is 11.0 Å². The topological polar surface area (TPSA) is 88.3 Å². The van der Waals surface area contributed by atoms with Crippen LogP contribution in [0.2, 0.25) is 0 Å². The van der Waals surface area contributed by atoms with Crippen molar-refractivity contribution in [2.24, 2.45) is 0 Å². The number of rotatable bonds is 5. The summed E-state index contributed by atoms with van der Waals surface area (Å²) in [5.74, 6) is -1.84. The summed E-state index contributed by atoms with van der Waals surface area (Å²) < 4.78 is 40.3. The molecule has 1 unspecified atom stereocenters. The van der Waals surface area contributed by atoms with E-state index in [2.05, 4.69) is 10.3 Å². The van der Waals surface area contributed by atoms with Gasteiger partial charge in [-0.2, -0.15) is 13.2 Å². The third-order valence-electron chi connectivity index (χ3n) is 4.12. The minimum Gasteiger partial charge on any atom is -0.480 e. The summed E-state index contributed by atoms with van der Waals surface area (Å²) in [6, 6.07) is 3.50. The number of alkyl halides is 3. The minimum absolute atomic E-state index is 0.207. The van der Waals surface area contributed by atoms with E-state index < -0.39 is 29.7 Å².